The standard InChI is InChI=1S/C13H22N4O2/c1-10(2)8-14-11-7-12(16-9-15-11)17(3)6-5-13(18)19-4/h7,9-10H,5-6,8H2,1-4H3,(H,14,15,16). The van der Waals surface area contributed by atoms with E-state index in [1.165, 1.54) is 13.4 Å². The normalized spacial score (nSPS) is 10.4. The van der Waals surface area contributed by atoms with Crippen molar-refractivity contribution in [1.29, 1.82) is 0 Å². The summed E-state index contributed by atoms with van der Waals surface area (Å²) in [4.78, 5) is 21.4. The van der Waals surface area contributed by atoms with Crippen molar-refractivity contribution >= 4 is 17.6 Å². The predicted octanol–water partition coefficient (Wildman–Crippen LogP) is 1.54. The van der Waals surface area contributed by atoms with Gasteiger partial charge in [0.25, 0.3) is 0 Å². The molecule has 0 unspecified atom stereocenters. The Balaban J connectivity index is 2.57. The first-order valence-corrected chi connectivity index (χ1v) is 6.36. The van der Waals surface area contributed by atoms with Gasteiger partial charge in [-0.15, -0.1) is 0 Å². The largest absolute Gasteiger partial charge is 0.469 e. The number of anilines is 2. The van der Waals surface area contributed by atoms with Crippen molar-refractivity contribution < 1.29 is 9.53 Å². The zero-order valence-corrected chi connectivity index (χ0v) is 12.0. The molecule has 1 heterocycles. The minimum atomic E-state index is -0.223. The average molecular weight is 266 g/mol. The molecule has 0 amide bonds. The average Bonchev–Trinajstić information content (AvgIpc) is 2.42. The second-order valence-corrected chi connectivity index (χ2v) is 4.78. The minimum absolute atomic E-state index is 0.223. The number of carbonyl (C=O) groups is 1. The van der Waals surface area contributed by atoms with Crippen LogP contribution in [-0.4, -0.2) is 43.2 Å². The molecule has 0 atom stereocenters. The molecule has 0 saturated heterocycles. The van der Waals surface area contributed by atoms with Gasteiger partial charge in [0, 0.05) is 26.2 Å². The Kier molecular flexibility index (Phi) is 6.05. The zero-order chi connectivity index (χ0) is 14.3. The van der Waals surface area contributed by atoms with Crippen molar-refractivity contribution in [3.8, 4) is 0 Å². The SMILES string of the molecule is COC(=O)CCN(C)c1cc(NCC(C)C)ncn1. The fourth-order valence-corrected chi connectivity index (χ4v) is 1.44. The van der Waals surface area contributed by atoms with Crippen LogP contribution in [0.2, 0.25) is 0 Å². The van der Waals surface area contributed by atoms with Crippen LogP contribution < -0.4 is 10.2 Å². The summed E-state index contributed by atoms with van der Waals surface area (Å²) in [6.07, 6.45) is 1.86. The van der Waals surface area contributed by atoms with Crippen molar-refractivity contribution in [2.75, 3.05) is 37.5 Å². The lowest BCUT2D eigenvalue weighted by atomic mass is 10.2. The molecule has 0 aliphatic heterocycles. The van der Waals surface area contributed by atoms with Gasteiger partial charge in [0.15, 0.2) is 0 Å². The van der Waals surface area contributed by atoms with E-state index in [-0.39, 0.29) is 5.97 Å². The molecular formula is C13H22N4O2. The number of hydrogen-bond acceptors (Lipinski definition) is 6. The molecule has 106 valence electrons. The molecule has 19 heavy (non-hydrogen) atoms. The van der Waals surface area contributed by atoms with Crippen LogP contribution in [0.3, 0.4) is 0 Å². The van der Waals surface area contributed by atoms with E-state index in [1.54, 1.807) is 0 Å². The molecule has 1 N–H and O–H groups in total. The molecule has 0 spiro atoms. The zero-order valence-electron chi connectivity index (χ0n) is 12.0. The van der Waals surface area contributed by atoms with E-state index in [4.69, 9.17) is 0 Å². The molecule has 1 aromatic rings. The number of nitrogens with one attached hydrogen (secondary N) is 1. The van der Waals surface area contributed by atoms with Crippen LogP contribution in [-0.2, 0) is 9.53 Å². The summed E-state index contributed by atoms with van der Waals surface area (Å²) in [7, 11) is 3.28. The molecule has 0 bridgehead atoms. The number of aromatic nitrogens is 2. The lowest BCUT2D eigenvalue weighted by molar-refractivity contribution is -0.140. The predicted molar refractivity (Wildman–Crippen MR) is 75.3 cm³/mol. The number of esters is 1. The fraction of sp³-hybridized carbons (Fsp3) is 0.615. The maximum atomic E-state index is 11.1. The topological polar surface area (TPSA) is 67.3 Å². The van der Waals surface area contributed by atoms with Crippen LogP contribution in [0.15, 0.2) is 12.4 Å². The first-order valence-electron chi connectivity index (χ1n) is 6.36. The summed E-state index contributed by atoms with van der Waals surface area (Å²) in [5, 5.41) is 3.25. The molecule has 0 radical (unpaired) electrons. The van der Waals surface area contributed by atoms with Crippen LogP contribution in [0.5, 0.6) is 0 Å². The number of rotatable bonds is 7. The Morgan fingerprint density at radius 3 is 2.84 bits per heavy atom. The van der Waals surface area contributed by atoms with Gasteiger partial charge in [-0.25, -0.2) is 9.97 Å². The Morgan fingerprint density at radius 2 is 2.21 bits per heavy atom. The van der Waals surface area contributed by atoms with Gasteiger partial charge in [-0.3, -0.25) is 4.79 Å². The molecule has 0 aromatic carbocycles. The monoisotopic (exact) mass is 266 g/mol. The van der Waals surface area contributed by atoms with E-state index >= 15 is 0 Å². The van der Waals surface area contributed by atoms with Crippen LogP contribution in [0.4, 0.5) is 11.6 Å². The number of hydrogen-bond donors (Lipinski definition) is 1. The van der Waals surface area contributed by atoms with Crippen molar-refractivity contribution in [2.45, 2.75) is 20.3 Å². The van der Waals surface area contributed by atoms with Gasteiger partial charge in [0.05, 0.1) is 13.5 Å². The van der Waals surface area contributed by atoms with Gasteiger partial charge >= 0.3 is 5.97 Å². The number of carbonyl (C=O) groups excluding carboxylic acids is 1. The Hall–Kier alpha value is -1.85. The van der Waals surface area contributed by atoms with Gasteiger partial charge in [0.2, 0.25) is 0 Å². The molecule has 1 aromatic heterocycles. The molecule has 6 nitrogen and oxygen atoms in total. The van der Waals surface area contributed by atoms with Gasteiger partial charge in [-0.2, -0.15) is 0 Å². The Labute approximate surface area is 114 Å². The second-order valence-electron chi connectivity index (χ2n) is 4.78. The van der Waals surface area contributed by atoms with Crippen LogP contribution in [0.1, 0.15) is 20.3 Å². The highest BCUT2D eigenvalue weighted by atomic mass is 16.5. The molecule has 0 aliphatic carbocycles. The van der Waals surface area contributed by atoms with Crippen LogP contribution in [0.25, 0.3) is 0 Å². The molecular weight excluding hydrogens is 244 g/mol. The summed E-state index contributed by atoms with van der Waals surface area (Å²) in [5.74, 6) is 1.91. The lowest BCUT2D eigenvalue weighted by Gasteiger charge is -2.18. The van der Waals surface area contributed by atoms with E-state index in [9.17, 15) is 4.79 Å². The number of methoxy groups -OCH3 is 1. The summed E-state index contributed by atoms with van der Waals surface area (Å²) in [6.45, 7) is 5.70. The van der Waals surface area contributed by atoms with Gasteiger partial charge < -0.3 is 15.0 Å². The summed E-state index contributed by atoms with van der Waals surface area (Å²) in [6, 6.07) is 1.87. The second kappa shape index (κ2) is 7.56. The van der Waals surface area contributed by atoms with Crippen LogP contribution >= 0.6 is 0 Å². The third-order valence-corrected chi connectivity index (χ3v) is 2.61. The van der Waals surface area contributed by atoms with Crippen LogP contribution in [0, 0.1) is 5.92 Å². The Bertz CT molecular complexity index is 409. The van der Waals surface area contributed by atoms with Gasteiger partial charge in [-0.05, 0) is 5.92 Å². The quantitative estimate of drug-likeness (QED) is 0.755. The smallest absolute Gasteiger partial charge is 0.307 e. The highest BCUT2D eigenvalue weighted by molar-refractivity contribution is 5.69. The lowest BCUT2D eigenvalue weighted by Crippen LogP contribution is -2.23. The van der Waals surface area contributed by atoms with Gasteiger partial charge in [-0.1, -0.05) is 13.8 Å². The maximum Gasteiger partial charge on any atom is 0.307 e. The van der Waals surface area contributed by atoms with E-state index in [0.29, 0.717) is 18.9 Å². The first-order chi connectivity index (χ1) is 9.02. The van der Waals surface area contributed by atoms with E-state index in [1.807, 2.05) is 18.0 Å². The van der Waals surface area contributed by atoms with Crippen molar-refractivity contribution in [2.24, 2.45) is 5.92 Å². The summed E-state index contributed by atoms with van der Waals surface area (Å²) in [5.41, 5.74) is 0. The molecule has 6 heteroatoms. The summed E-state index contributed by atoms with van der Waals surface area (Å²) >= 11 is 0. The van der Waals surface area contributed by atoms with E-state index in [0.717, 1.165) is 18.2 Å². The summed E-state index contributed by atoms with van der Waals surface area (Å²) < 4.78 is 4.61. The minimum Gasteiger partial charge on any atom is -0.469 e. The van der Waals surface area contributed by atoms with Gasteiger partial charge in [0.1, 0.15) is 18.0 Å². The Morgan fingerprint density at radius 1 is 1.47 bits per heavy atom. The fourth-order valence-electron chi connectivity index (χ4n) is 1.44. The molecule has 0 fully saturated rings. The van der Waals surface area contributed by atoms with Crippen molar-refractivity contribution in [3.05, 3.63) is 12.4 Å². The number of ether oxygens (including phenoxy) is 1. The van der Waals surface area contributed by atoms with E-state index < -0.39 is 0 Å². The maximum absolute atomic E-state index is 11.1. The molecule has 0 aliphatic rings. The number of nitrogens with zero attached hydrogens (tertiary/aromatic N) is 3. The molecule has 1 rings (SSSR count). The van der Waals surface area contributed by atoms with Crippen molar-refractivity contribution in [3.63, 3.8) is 0 Å². The van der Waals surface area contributed by atoms with Crippen molar-refractivity contribution in [1.82, 2.24) is 9.97 Å². The van der Waals surface area contributed by atoms with E-state index in [2.05, 4.69) is 33.9 Å². The first kappa shape index (κ1) is 15.2. The molecule has 0 saturated carbocycles. The highest BCUT2D eigenvalue weighted by Crippen LogP contribution is 2.13. The highest BCUT2D eigenvalue weighted by Gasteiger charge is 2.07. The third kappa shape index (κ3) is 5.54. The third-order valence-electron chi connectivity index (χ3n) is 2.61.